The maximum atomic E-state index is 11.9. The number of hydrogen-bond donors (Lipinski definition) is 1. The number of carbonyl (C=O) groups excluding carboxylic acids is 1. The van der Waals surface area contributed by atoms with Crippen LogP contribution in [0.15, 0.2) is 30.6 Å². The molecule has 2 aliphatic rings. The quantitative estimate of drug-likeness (QED) is 0.708. The van der Waals surface area contributed by atoms with Crippen molar-refractivity contribution in [2.24, 2.45) is 0 Å². The molecule has 2 aromatic heterocycles. The fourth-order valence-electron chi connectivity index (χ4n) is 4.28. The van der Waals surface area contributed by atoms with E-state index in [1.165, 1.54) is 31.2 Å². The van der Waals surface area contributed by atoms with Gasteiger partial charge in [0.1, 0.15) is 18.0 Å². The summed E-state index contributed by atoms with van der Waals surface area (Å²) in [5, 5.41) is 1.08. The van der Waals surface area contributed by atoms with Crippen molar-refractivity contribution in [3.05, 3.63) is 47.4 Å². The molecule has 1 N–H and O–H groups in total. The number of carbonyl (C=O) groups is 1. The summed E-state index contributed by atoms with van der Waals surface area (Å²) >= 11 is 0. The van der Waals surface area contributed by atoms with E-state index in [1.54, 1.807) is 12.4 Å². The zero-order valence-corrected chi connectivity index (χ0v) is 15.9. The predicted octanol–water partition coefficient (Wildman–Crippen LogP) is 2.91. The van der Waals surface area contributed by atoms with Gasteiger partial charge in [-0.3, -0.25) is 0 Å². The van der Waals surface area contributed by atoms with Crippen molar-refractivity contribution >= 4 is 28.5 Å². The molecule has 1 fully saturated rings. The van der Waals surface area contributed by atoms with Crippen LogP contribution in [0.5, 0.6) is 0 Å². The van der Waals surface area contributed by atoms with Gasteiger partial charge in [-0.15, -0.1) is 0 Å². The number of nitrogens with one attached hydrogen (secondary N) is 1. The van der Waals surface area contributed by atoms with E-state index in [4.69, 9.17) is 4.74 Å². The van der Waals surface area contributed by atoms with E-state index in [0.29, 0.717) is 5.56 Å². The highest BCUT2D eigenvalue weighted by Gasteiger charge is 2.23. The Labute approximate surface area is 163 Å². The second-order valence-corrected chi connectivity index (χ2v) is 7.43. The van der Waals surface area contributed by atoms with Gasteiger partial charge in [-0.1, -0.05) is 0 Å². The first kappa shape index (κ1) is 17.0. The van der Waals surface area contributed by atoms with Crippen molar-refractivity contribution in [3.63, 3.8) is 0 Å². The molecule has 28 heavy (non-hydrogen) atoms. The number of ether oxygens (including phenoxy) is 1. The van der Waals surface area contributed by atoms with Crippen LogP contribution in [-0.2, 0) is 17.7 Å². The molecule has 3 aromatic rings. The van der Waals surface area contributed by atoms with Crippen molar-refractivity contribution < 1.29 is 9.53 Å². The van der Waals surface area contributed by atoms with Crippen LogP contribution in [0, 0.1) is 0 Å². The molecule has 0 aliphatic carbocycles. The summed E-state index contributed by atoms with van der Waals surface area (Å²) in [6.45, 7) is 3.80. The second kappa shape index (κ2) is 6.82. The van der Waals surface area contributed by atoms with Crippen LogP contribution in [-0.4, -0.2) is 47.7 Å². The molecule has 0 atom stereocenters. The molecule has 0 saturated carbocycles. The van der Waals surface area contributed by atoms with Gasteiger partial charge in [0.15, 0.2) is 0 Å². The van der Waals surface area contributed by atoms with Gasteiger partial charge in [-0.2, -0.15) is 0 Å². The van der Waals surface area contributed by atoms with E-state index < -0.39 is 0 Å². The van der Waals surface area contributed by atoms with Crippen LogP contribution in [0.4, 0.5) is 11.6 Å². The van der Waals surface area contributed by atoms with Gasteiger partial charge in [-0.05, 0) is 31.0 Å². The molecule has 1 aromatic carbocycles. The minimum Gasteiger partial charge on any atom is -0.465 e. The minimum absolute atomic E-state index is 0.310. The number of nitrogens with zero attached hydrogens (tertiary/aromatic N) is 4. The summed E-state index contributed by atoms with van der Waals surface area (Å²) in [6, 6.07) is 7.79. The topological polar surface area (TPSA) is 74.4 Å². The molecule has 0 amide bonds. The molecule has 1 saturated heterocycles. The Morgan fingerprint density at radius 2 is 1.86 bits per heavy atom. The molecule has 7 nitrogen and oxygen atoms in total. The average Bonchev–Trinajstić information content (AvgIpc) is 3.40. The van der Waals surface area contributed by atoms with Crippen LogP contribution in [0.25, 0.3) is 10.9 Å². The van der Waals surface area contributed by atoms with Crippen molar-refractivity contribution in [1.82, 2.24) is 15.0 Å². The molecule has 5 rings (SSSR count). The van der Waals surface area contributed by atoms with Crippen molar-refractivity contribution in [2.75, 3.05) is 36.5 Å². The van der Waals surface area contributed by atoms with Gasteiger partial charge in [0.2, 0.25) is 0 Å². The standard InChI is InChI=1S/C21H23N5O2/c1-28-21(27)14-4-5-17-15(10-14)16-12-26(9-6-18(16)24-17)20-11-19(22-13-23-20)25-7-2-3-8-25/h4-5,10-11,13,24H,2-3,6-9,12H2,1H3. The lowest BCUT2D eigenvalue weighted by Gasteiger charge is -2.29. The van der Waals surface area contributed by atoms with E-state index in [9.17, 15) is 4.79 Å². The normalized spacial score (nSPS) is 16.5. The number of benzene rings is 1. The summed E-state index contributed by atoms with van der Waals surface area (Å²) in [7, 11) is 1.41. The molecule has 0 unspecified atom stereocenters. The molecule has 144 valence electrons. The largest absolute Gasteiger partial charge is 0.465 e. The van der Waals surface area contributed by atoms with Gasteiger partial charge >= 0.3 is 5.97 Å². The summed E-state index contributed by atoms with van der Waals surface area (Å²) in [4.78, 5) is 29.1. The van der Waals surface area contributed by atoms with Crippen LogP contribution >= 0.6 is 0 Å². The second-order valence-electron chi connectivity index (χ2n) is 7.43. The molecular weight excluding hydrogens is 354 g/mol. The lowest BCUT2D eigenvalue weighted by molar-refractivity contribution is 0.0601. The number of fused-ring (bicyclic) bond motifs is 3. The van der Waals surface area contributed by atoms with Gasteiger partial charge in [0.05, 0.1) is 12.7 Å². The Kier molecular flexibility index (Phi) is 4.15. The van der Waals surface area contributed by atoms with Gasteiger partial charge in [0, 0.05) is 60.8 Å². The SMILES string of the molecule is COC(=O)c1ccc2[nH]c3c(c2c1)CN(c1cc(N2CCCC2)ncn1)CC3. The molecule has 0 radical (unpaired) electrons. The number of hydrogen-bond acceptors (Lipinski definition) is 6. The first-order valence-corrected chi connectivity index (χ1v) is 9.76. The Hall–Kier alpha value is -3.09. The molecule has 4 heterocycles. The third-order valence-electron chi connectivity index (χ3n) is 5.79. The number of anilines is 2. The van der Waals surface area contributed by atoms with Crippen molar-refractivity contribution in [2.45, 2.75) is 25.8 Å². The maximum absolute atomic E-state index is 11.9. The van der Waals surface area contributed by atoms with E-state index >= 15 is 0 Å². The van der Waals surface area contributed by atoms with Crippen LogP contribution in [0.1, 0.15) is 34.5 Å². The minimum atomic E-state index is -0.310. The molecule has 0 bridgehead atoms. The molecule has 0 spiro atoms. The number of aromatic amines is 1. The zero-order valence-electron chi connectivity index (χ0n) is 15.9. The first-order chi connectivity index (χ1) is 13.7. The monoisotopic (exact) mass is 377 g/mol. The highest BCUT2D eigenvalue weighted by atomic mass is 16.5. The summed E-state index contributed by atoms with van der Waals surface area (Å²) in [6.07, 6.45) is 5.04. The number of rotatable bonds is 3. The van der Waals surface area contributed by atoms with Gasteiger partial charge in [-0.25, -0.2) is 14.8 Å². The lowest BCUT2D eigenvalue weighted by atomic mass is 10.0. The summed E-state index contributed by atoms with van der Waals surface area (Å²) in [5.74, 6) is 1.66. The summed E-state index contributed by atoms with van der Waals surface area (Å²) < 4.78 is 4.88. The Balaban J connectivity index is 1.47. The number of aromatic nitrogens is 3. The molecular formula is C21H23N5O2. The Morgan fingerprint density at radius 3 is 2.64 bits per heavy atom. The highest BCUT2D eigenvalue weighted by molar-refractivity contribution is 5.96. The third-order valence-corrected chi connectivity index (χ3v) is 5.79. The van der Waals surface area contributed by atoms with Crippen LogP contribution in [0.2, 0.25) is 0 Å². The fraction of sp³-hybridized carbons (Fsp3) is 0.381. The van der Waals surface area contributed by atoms with Crippen molar-refractivity contribution in [3.8, 4) is 0 Å². The summed E-state index contributed by atoms with van der Waals surface area (Å²) in [5.41, 5.74) is 4.10. The molecule has 7 heteroatoms. The Morgan fingerprint density at radius 1 is 1.07 bits per heavy atom. The smallest absolute Gasteiger partial charge is 0.337 e. The highest BCUT2D eigenvalue weighted by Crippen LogP contribution is 2.31. The lowest BCUT2D eigenvalue weighted by Crippen LogP contribution is -2.31. The van der Waals surface area contributed by atoms with Gasteiger partial charge in [0.25, 0.3) is 0 Å². The van der Waals surface area contributed by atoms with Gasteiger partial charge < -0.3 is 19.5 Å². The molecule has 2 aliphatic heterocycles. The van der Waals surface area contributed by atoms with E-state index in [-0.39, 0.29) is 5.97 Å². The van der Waals surface area contributed by atoms with E-state index in [2.05, 4.69) is 30.8 Å². The number of esters is 1. The Bertz CT molecular complexity index is 1040. The van der Waals surface area contributed by atoms with Crippen LogP contribution < -0.4 is 9.80 Å². The third kappa shape index (κ3) is 2.87. The van der Waals surface area contributed by atoms with E-state index in [0.717, 1.165) is 55.1 Å². The average molecular weight is 377 g/mol. The number of H-pyrrole nitrogens is 1. The van der Waals surface area contributed by atoms with Crippen LogP contribution in [0.3, 0.4) is 0 Å². The fourth-order valence-corrected chi connectivity index (χ4v) is 4.28. The van der Waals surface area contributed by atoms with E-state index in [1.807, 2.05) is 12.1 Å². The maximum Gasteiger partial charge on any atom is 0.337 e. The predicted molar refractivity (Wildman–Crippen MR) is 108 cm³/mol. The first-order valence-electron chi connectivity index (χ1n) is 9.76. The number of methoxy groups -OCH3 is 1. The zero-order chi connectivity index (χ0) is 19.1. The van der Waals surface area contributed by atoms with Crippen molar-refractivity contribution in [1.29, 1.82) is 0 Å².